The van der Waals surface area contributed by atoms with Gasteiger partial charge in [0.1, 0.15) is 17.7 Å². The molecule has 2 aromatic rings. The minimum atomic E-state index is -4.73. The fourth-order valence-corrected chi connectivity index (χ4v) is 2.11. The molecule has 126 valence electrons. The van der Waals surface area contributed by atoms with Crippen molar-refractivity contribution in [3.8, 4) is 11.5 Å². The molecule has 1 unspecified atom stereocenters. The second-order valence-electron chi connectivity index (χ2n) is 5.07. The zero-order valence-electron chi connectivity index (χ0n) is 12.4. The second-order valence-corrected chi connectivity index (χ2v) is 5.07. The minimum Gasteiger partial charge on any atom is -0.436 e. The Kier molecular flexibility index (Phi) is 4.02. The lowest BCUT2D eigenvalue weighted by Gasteiger charge is -2.20. The van der Waals surface area contributed by atoms with E-state index in [4.69, 9.17) is 9.57 Å². The summed E-state index contributed by atoms with van der Waals surface area (Å²) in [7, 11) is 0. The summed E-state index contributed by atoms with van der Waals surface area (Å²) in [5.74, 6) is 0.434. The fourth-order valence-electron chi connectivity index (χ4n) is 2.11. The number of aromatic nitrogens is 2. The summed E-state index contributed by atoms with van der Waals surface area (Å²) in [6.07, 6.45) is 1.26. The van der Waals surface area contributed by atoms with Crippen LogP contribution in [0.4, 0.5) is 13.2 Å². The van der Waals surface area contributed by atoms with Gasteiger partial charge in [0.15, 0.2) is 5.75 Å². The average Bonchev–Trinajstić information content (AvgIpc) is 2.90. The predicted octanol–water partition coefficient (Wildman–Crippen LogP) is 3.05. The van der Waals surface area contributed by atoms with Gasteiger partial charge in [-0.1, -0.05) is 12.1 Å². The van der Waals surface area contributed by atoms with Crippen LogP contribution in [-0.2, 0) is 10.4 Å². The summed E-state index contributed by atoms with van der Waals surface area (Å²) >= 11 is 0. The summed E-state index contributed by atoms with van der Waals surface area (Å²) in [5.41, 5.74) is 2.32. The molecule has 0 bridgehead atoms. The van der Waals surface area contributed by atoms with Crippen LogP contribution in [0.1, 0.15) is 12.5 Å². The smallest absolute Gasteiger partial charge is 0.436 e. The minimum absolute atomic E-state index is 0.303. The number of rotatable bonds is 4. The zero-order valence-corrected chi connectivity index (χ0v) is 12.4. The SMILES string of the molecule is CC1(c2ccc(OC(F)(F)F)cc2)C=C(Oc2cncnc2)NO1. The molecule has 1 aliphatic rings. The lowest BCUT2D eigenvalue weighted by molar-refractivity contribution is -0.274. The Morgan fingerprint density at radius 1 is 1.08 bits per heavy atom. The van der Waals surface area contributed by atoms with Gasteiger partial charge in [-0.05, 0) is 24.6 Å². The molecule has 0 saturated heterocycles. The molecule has 1 aromatic heterocycles. The maximum Gasteiger partial charge on any atom is 0.573 e. The number of nitrogens with one attached hydrogen (secondary N) is 1. The summed E-state index contributed by atoms with van der Waals surface area (Å²) in [6.45, 7) is 1.73. The van der Waals surface area contributed by atoms with Crippen LogP contribution in [0.5, 0.6) is 11.5 Å². The largest absolute Gasteiger partial charge is 0.573 e. The lowest BCUT2D eigenvalue weighted by Crippen LogP contribution is -2.23. The van der Waals surface area contributed by atoms with Crippen LogP contribution < -0.4 is 15.0 Å². The first-order valence-corrected chi connectivity index (χ1v) is 6.80. The van der Waals surface area contributed by atoms with Gasteiger partial charge in [-0.3, -0.25) is 4.84 Å². The van der Waals surface area contributed by atoms with Crippen LogP contribution in [0.25, 0.3) is 0 Å². The maximum atomic E-state index is 12.2. The van der Waals surface area contributed by atoms with Crippen LogP contribution >= 0.6 is 0 Å². The Hall–Kier alpha value is -2.81. The average molecular weight is 339 g/mol. The molecular weight excluding hydrogens is 327 g/mol. The molecule has 0 amide bonds. The first-order valence-electron chi connectivity index (χ1n) is 6.80. The van der Waals surface area contributed by atoms with Crippen molar-refractivity contribution in [2.75, 3.05) is 0 Å². The van der Waals surface area contributed by atoms with E-state index in [2.05, 4.69) is 20.2 Å². The monoisotopic (exact) mass is 339 g/mol. The number of ether oxygens (including phenoxy) is 2. The molecule has 1 aliphatic heterocycles. The number of alkyl halides is 3. The first-order chi connectivity index (χ1) is 11.3. The predicted molar refractivity (Wildman–Crippen MR) is 75.4 cm³/mol. The van der Waals surface area contributed by atoms with Crippen molar-refractivity contribution in [1.29, 1.82) is 0 Å². The standard InChI is InChI=1S/C15H12F3N3O3/c1-14(10-2-4-11(5-3-10)23-15(16,17)18)6-13(21-24-14)22-12-7-19-9-20-8-12/h2-9,21H,1H3. The highest BCUT2D eigenvalue weighted by Gasteiger charge is 2.34. The number of nitrogens with zero attached hydrogens (tertiary/aromatic N) is 2. The van der Waals surface area contributed by atoms with Crippen LogP contribution in [0, 0.1) is 0 Å². The molecule has 6 nitrogen and oxygen atoms in total. The second kappa shape index (κ2) is 6.00. The van der Waals surface area contributed by atoms with E-state index >= 15 is 0 Å². The van der Waals surface area contributed by atoms with Crippen molar-refractivity contribution in [2.24, 2.45) is 0 Å². The molecule has 24 heavy (non-hydrogen) atoms. The molecule has 1 atom stereocenters. The van der Waals surface area contributed by atoms with Gasteiger partial charge in [-0.2, -0.15) is 0 Å². The van der Waals surface area contributed by atoms with E-state index in [1.807, 2.05) is 0 Å². The third-order valence-electron chi connectivity index (χ3n) is 3.20. The van der Waals surface area contributed by atoms with Crippen molar-refractivity contribution < 1.29 is 27.5 Å². The Morgan fingerprint density at radius 3 is 2.38 bits per heavy atom. The van der Waals surface area contributed by atoms with E-state index in [1.54, 1.807) is 13.0 Å². The van der Waals surface area contributed by atoms with Crippen LogP contribution in [0.2, 0.25) is 0 Å². The highest BCUT2D eigenvalue weighted by molar-refractivity contribution is 5.35. The molecule has 0 aliphatic carbocycles. The summed E-state index contributed by atoms with van der Waals surface area (Å²) in [5, 5.41) is 0. The van der Waals surface area contributed by atoms with Gasteiger partial charge in [0, 0.05) is 6.08 Å². The maximum absolute atomic E-state index is 12.2. The van der Waals surface area contributed by atoms with E-state index < -0.39 is 12.0 Å². The van der Waals surface area contributed by atoms with Crippen molar-refractivity contribution in [3.05, 3.63) is 60.5 Å². The molecule has 0 saturated carbocycles. The lowest BCUT2D eigenvalue weighted by atomic mass is 9.96. The van der Waals surface area contributed by atoms with Crippen molar-refractivity contribution in [2.45, 2.75) is 18.9 Å². The van der Waals surface area contributed by atoms with Gasteiger partial charge >= 0.3 is 6.36 Å². The molecule has 0 radical (unpaired) electrons. The van der Waals surface area contributed by atoms with Gasteiger partial charge in [0.05, 0.1) is 12.4 Å². The highest BCUT2D eigenvalue weighted by Crippen LogP contribution is 2.33. The number of hydrogen-bond acceptors (Lipinski definition) is 6. The van der Waals surface area contributed by atoms with Crippen molar-refractivity contribution >= 4 is 0 Å². The number of halogens is 3. The Morgan fingerprint density at radius 2 is 1.75 bits per heavy atom. The zero-order chi connectivity index (χ0) is 17.2. The molecule has 1 N–H and O–H groups in total. The van der Waals surface area contributed by atoms with E-state index in [0.717, 1.165) is 0 Å². The summed E-state index contributed by atoms with van der Waals surface area (Å²) in [4.78, 5) is 13.1. The highest BCUT2D eigenvalue weighted by atomic mass is 19.4. The van der Waals surface area contributed by atoms with Crippen LogP contribution in [0.15, 0.2) is 54.9 Å². The van der Waals surface area contributed by atoms with E-state index in [9.17, 15) is 13.2 Å². The topological polar surface area (TPSA) is 65.5 Å². The van der Waals surface area contributed by atoms with Crippen molar-refractivity contribution in [3.63, 3.8) is 0 Å². The molecule has 0 fully saturated rings. The summed E-state index contributed by atoms with van der Waals surface area (Å²) < 4.78 is 45.9. The molecule has 0 spiro atoms. The quantitative estimate of drug-likeness (QED) is 0.924. The van der Waals surface area contributed by atoms with Gasteiger partial charge < -0.3 is 9.47 Å². The van der Waals surface area contributed by atoms with Gasteiger partial charge in [-0.15, -0.1) is 13.2 Å². The molecule has 9 heteroatoms. The number of hydrogen-bond donors (Lipinski definition) is 1. The number of benzene rings is 1. The van der Waals surface area contributed by atoms with Crippen LogP contribution in [0.3, 0.4) is 0 Å². The van der Waals surface area contributed by atoms with E-state index in [-0.39, 0.29) is 5.75 Å². The van der Waals surface area contributed by atoms with Gasteiger partial charge in [-0.25, -0.2) is 15.4 Å². The Bertz CT molecular complexity index is 735. The molecule has 1 aromatic carbocycles. The Labute approximate surface area is 134 Å². The third kappa shape index (κ3) is 3.74. The molecule has 3 rings (SSSR count). The molecular formula is C15H12F3N3O3. The third-order valence-corrected chi connectivity index (χ3v) is 3.20. The Balaban J connectivity index is 1.74. The van der Waals surface area contributed by atoms with E-state index in [0.29, 0.717) is 17.2 Å². The number of hydroxylamine groups is 1. The van der Waals surface area contributed by atoms with Crippen molar-refractivity contribution in [1.82, 2.24) is 15.4 Å². The normalized spacial score (nSPS) is 20.2. The van der Waals surface area contributed by atoms with Gasteiger partial charge in [0.2, 0.25) is 5.88 Å². The fraction of sp³-hybridized carbons (Fsp3) is 0.200. The molecule has 2 heterocycles. The first kappa shape index (κ1) is 16.1. The van der Waals surface area contributed by atoms with Gasteiger partial charge in [0.25, 0.3) is 0 Å². The van der Waals surface area contributed by atoms with E-state index in [1.165, 1.54) is 43.0 Å². The van der Waals surface area contributed by atoms with Crippen LogP contribution in [-0.4, -0.2) is 16.3 Å². The summed E-state index contributed by atoms with van der Waals surface area (Å²) in [6, 6.07) is 5.39.